The fourth-order valence-electron chi connectivity index (χ4n) is 2.05. The minimum Gasteiger partial charge on any atom is -0.507 e. The van der Waals surface area contributed by atoms with E-state index in [1.807, 2.05) is 0 Å². The van der Waals surface area contributed by atoms with E-state index >= 15 is 0 Å². The van der Waals surface area contributed by atoms with E-state index in [0.29, 0.717) is 15.2 Å². The Kier molecular flexibility index (Phi) is 4.43. The molecule has 7 nitrogen and oxygen atoms in total. The molecule has 0 unspecified atom stereocenters. The summed E-state index contributed by atoms with van der Waals surface area (Å²) in [6.45, 7) is 1.38. The molecule has 10 heteroatoms. The number of rotatable bonds is 3. The van der Waals surface area contributed by atoms with Gasteiger partial charge in [0.25, 0.3) is 5.13 Å². The minimum absolute atomic E-state index is 0.0765. The van der Waals surface area contributed by atoms with Crippen LogP contribution >= 0.6 is 36.6 Å². The summed E-state index contributed by atoms with van der Waals surface area (Å²) in [5, 5.41) is 36.8. The second kappa shape index (κ2) is 6.38. The van der Waals surface area contributed by atoms with Crippen molar-refractivity contribution in [3.8, 4) is 11.5 Å². The number of fused-ring (bicyclic) bond motifs is 1. The third kappa shape index (κ3) is 3.07. The van der Waals surface area contributed by atoms with Crippen molar-refractivity contribution in [1.29, 1.82) is 0 Å². The molecule has 0 atom stereocenters. The smallest absolute Gasteiger partial charge is 0.252 e. The molecular formula is C14H10N4O3S3. The zero-order valence-electron chi connectivity index (χ0n) is 12.1. The summed E-state index contributed by atoms with van der Waals surface area (Å²) in [5.41, 5.74) is 0.0765. The van der Waals surface area contributed by atoms with Crippen molar-refractivity contribution in [2.45, 2.75) is 16.7 Å². The van der Waals surface area contributed by atoms with E-state index in [1.165, 1.54) is 13.0 Å². The Morgan fingerprint density at radius 1 is 1.17 bits per heavy atom. The van der Waals surface area contributed by atoms with E-state index in [1.54, 1.807) is 12.1 Å². The second-order valence-corrected chi connectivity index (χ2v) is 6.76. The Balaban J connectivity index is 2.08. The van der Waals surface area contributed by atoms with E-state index in [0.717, 1.165) is 11.3 Å². The number of phenols is 2. The lowest BCUT2D eigenvalue weighted by molar-refractivity contribution is 0.101. The van der Waals surface area contributed by atoms with E-state index in [4.69, 9.17) is 0 Å². The number of thiol groups is 2. The summed E-state index contributed by atoms with van der Waals surface area (Å²) in [6.07, 6.45) is 0. The molecule has 0 aliphatic heterocycles. The topological polar surface area (TPSA) is 108 Å². The van der Waals surface area contributed by atoms with Gasteiger partial charge < -0.3 is 10.2 Å². The highest BCUT2D eigenvalue weighted by Crippen LogP contribution is 2.45. The lowest BCUT2D eigenvalue weighted by Crippen LogP contribution is -1.88. The minimum atomic E-state index is -0.261. The number of ketones is 1. The van der Waals surface area contributed by atoms with Crippen molar-refractivity contribution in [3.63, 3.8) is 0 Å². The zero-order chi connectivity index (χ0) is 17.4. The number of Topliss-reactive ketones (excluding diaryl/α,β-unsaturated/α-hetero) is 1. The molecule has 0 saturated heterocycles. The van der Waals surface area contributed by atoms with Gasteiger partial charge in [0.1, 0.15) is 11.4 Å². The predicted molar refractivity (Wildman–Crippen MR) is 95.9 cm³/mol. The van der Waals surface area contributed by atoms with E-state index in [9.17, 15) is 15.0 Å². The first kappa shape index (κ1) is 16.7. The number of phenolic OH excluding ortho intramolecular Hbond substituents is 2. The van der Waals surface area contributed by atoms with Crippen LogP contribution in [0.15, 0.2) is 38.2 Å². The van der Waals surface area contributed by atoms with Gasteiger partial charge in [0.2, 0.25) is 0 Å². The fraction of sp³-hybridized carbons (Fsp3) is 0.0714. The molecule has 0 aliphatic rings. The summed E-state index contributed by atoms with van der Waals surface area (Å²) in [5.74, 6) is -0.608. The van der Waals surface area contributed by atoms with Crippen molar-refractivity contribution in [2.24, 2.45) is 10.2 Å². The first-order valence-electron chi connectivity index (χ1n) is 6.53. The summed E-state index contributed by atoms with van der Waals surface area (Å²) in [6, 6.07) is 4.73. The Hall–Kier alpha value is -2.17. The van der Waals surface area contributed by atoms with Crippen LogP contribution in [0.2, 0.25) is 0 Å². The Morgan fingerprint density at radius 2 is 1.92 bits per heavy atom. The summed E-state index contributed by atoms with van der Waals surface area (Å²) in [4.78, 5) is 12.1. The molecule has 1 heterocycles. The first-order valence-corrected chi connectivity index (χ1v) is 8.24. The van der Waals surface area contributed by atoms with Crippen molar-refractivity contribution >= 4 is 64.0 Å². The average molecular weight is 378 g/mol. The van der Waals surface area contributed by atoms with Crippen molar-refractivity contribution in [3.05, 3.63) is 23.2 Å². The van der Waals surface area contributed by atoms with Crippen LogP contribution in [0.25, 0.3) is 10.8 Å². The Bertz CT molecular complexity index is 1000. The normalized spacial score (nSPS) is 11.5. The lowest BCUT2D eigenvalue weighted by Gasteiger charge is -2.09. The first-order chi connectivity index (χ1) is 11.4. The van der Waals surface area contributed by atoms with Gasteiger partial charge in [-0.15, -0.1) is 45.7 Å². The van der Waals surface area contributed by atoms with Crippen LogP contribution in [0.1, 0.15) is 16.7 Å². The molecule has 2 aromatic carbocycles. The number of carbonyl (C=O) groups is 1. The third-order valence-corrected chi connectivity index (χ3v) is 4.59. The van der Waals surface area contributed by atoms with Crippen LogP contribution in [-0.2, 0) is 0 Å². The predicted octanol–water partition coefficient (Wildman–Crippen LogP) is 4.30. The van der Waals surface area contributed by atoms with E-state index < -0.39 is 0 Å². The summed E-state index contributed by atoms with van der Waals surface area (Å²) < 4.78 is 0. The highest BCUT2D eigenvalue weighted by molar-refractivity contribution is 7.80. The maximum absolute atomic E-state index is 11.2. The number of hydrogen-bond acceptors (Lipinski definition) is 10. The molecule has 0 saturated carbocycles. The molecule has 0 fully saturated rings. The number of nitrogens with zero attached hydrogens (tertiary/aromatic N) is 4. The fourth-order valence-corrected chi connectivity index (χ4v) is 3.16. The van der Waals surface area contributed by atoms with E-state index in [2.05, 4.69) is 45.7 Å². The van der Waals surface area contributed by atoms with Gasteiger partial charge >= 0.3 is 0 Å². The Labute approximate surface area is 150 Å². The summed E-state index contributed by atoms with van der Waals surface area (Å²) >= 11 is 9.45. The number of hydrogen-bond donors (Lipinski definition) is 4. The van der Waals surface area contributed by atoms with Gasteiger partial charge in [0.05, 0.1) is 5.39 Å². The maximum Gasteiger partial charge on any atom is 0.252 e. The van der Waals surface area contributed by atoms with Gasteiger partial charge in [-0.3, -0.25) is 4.79 Å². The van der Waals surface area contributed by atoms with Gasteiger partial charge in [-0.1, -0.05) is 11.3 Å². The van der Waals surface area contributed by atoms with Crippen LogP contribution in [0.5, 0.6) is 11.5 Å². The number of aromatic nitrogens is 2. The van der Waals surface area contributed by atoms with Crippen LogP contribution in [0.4, 0.5) is 10.8 Å². The molecule has 1 aromatic heterocycles. The molecule has 0 radical (unpaired) electrons. The van der Waals surface area contributed by atoms with Gasteiger partial charge in [-0.2, -0.15) is 0 Å². The highest BCUT2D eigenvalue weighted by Gasteiger charge is 2.15. The monoisotopic (exact) mass is 378 g/mol. The van der Waals surface area contributed by atoms with Crippen LogP contribution in [-0.4, -0.2) is 26.2 Å². The van der Waals surface area contributed by atoms with Gasteiger partial charge in [-0.25, -0.2) is 0 Å². The molecule has 3 rings (SSSR count). The van der Waals surface area contributed by atoms with Gasteiger partial charge in [-0.05, 0) is 23.6 Å². The SMILES string of the molecule is CC(=O)c1nnc(/N=N/c2c(S)cc3cc(S)cc(O)c3c2O)s1. The maximum atomic E-state index is 11.2. The third-order valence-electron chi connectivity index (χ3n) is 3.08. The second-order valence-electron chi connectivity index (χ2n) is 4.80. The van der Waals surface area contributed by atoms with Crippen LogP contribution < -0.4 is 0 Å². The number of azo groups is 1. The molecule has 2 N–H and O–H groups in total. The molecule has 0 aliphatic carbocycles. The van der Waals surface area contributed by atoms with Crippen molar-refractivity contribution in [2.75, 3.05) is 0 Å². The van der Waals surface area contributed by atoms with Crippen molar-refractivity contribution in [1.82, 2.24) is 10.2 Å². The number of aromatic hydroxyl groups is 2. The summed E-state index contributed by atoms with van der Waals surface area (Å²) in [7, 11) is 0. The van der Waals surface area contributed by atoms with Crippen LogP contribution in [0, 0.1) is 0 Å². The lowest BCUT2D eigenvalue weighted by atomic mass is 10.1. The van der Waals surface area contributed by atoms with Gasteiger partial charge in [0, 0.05) is 16.7 Å². The van der Waals surface area contributed by atoms with Crippen molar-refractivity contribution < 1.29 is 15.0 Å². The molecule has 0 bridgehead atoms. The molecule has 0 amide bonds. The van der Waals surface area contributed by atoms with Gasteiger partial charge in [0.15, 0.2) is 16.5 Å². The number of carbonyl (C=O) groups excluding carboxylic acids is 1. The largest absolute Gasteiger partial charge is 0.507 e. The number of benzene rings is 2. The zero-order valence-corrected chi connectivity index (χ0v) is 14.7. The van der Waals surface area contributed by atoms with Crippen LogP contribution in [0.3, 0.4) is 0 Å². The van der Waals surface area contributed by atoms with E-state index in [-0.39, 0.29) is 38.5 Å². The Morgan fingerprint density at radius 3 is 2.58 bits per heavy atom. The molecule has 0 spiro atoms. The highest BCUT2D eigenvalue weighted by atomic mass is 32.1. The standard InChI is InChI=1S/C14H10N4O3S3/c1-5(19)13-16-18-14(24-13)17-15-11-9(23)3-6-2-7(22)4-8(20)10(6)12(11)21/h2-4,20-23H,1H3/b17-15+. The average Bonchev–Trinajstić information content (AvgIpc) is 2.94. The molecule has 3 aromatic rings. The quantitative estimate of drug-likeness (QED) is 0.309. The molecule has 122 valence electrons. The molecule has 24 heavy (non-hydrogen) atoms. The molecular weight excluding hydrogens is 368 g/mol.